The number of ether oxygens (including phenoxy) is 1. The van der Waals surface area contributed by atoms with E-state index in [1.165, 1.54) is 11.3 Å². The van der Waals surface area contributed by atoms with Crippen molar-refractivity contribution in [1.82, 2.24) is 0 Å². The van der Waals surface area contributed by atoms with E-state index in [-0.39, 0.29) is 5.92 Å². The Labute approximate surface area is 137 Å². The third kappa shape index (κ3) is 3.93. The van der Waals surface area contributed by atoms with Crippen LogP contribution >= 0.6 is 11.6 Å². The molecule has 2 N–H and O–H groups in total. The van der Waals surface area contributed by atoms with E-state index in [1.807, 2.05) is 32.3 Å². The van der Waals surface area contributed by atoms with E-state index >= 15 is 0 Å². The molecule has 2 aromatic carbocycles. The van der Waals surface area contributed by atoms with Gasteiger partial charge in [0.1, 0.15) is 5.75 Å². The minimum atomic E-state index is 0.172. The summed E-state index contributed by atoms with van der Waals surface area (Å²) in [5, 5.41) is 0.705. The van der Waals surface area contributed by atoms with Crippen molar-refractivity contribution >= 4 is 17.3 Å². The van der Waals surface area contributed by atoms with Gasteiger partial charge in [0.05, 0.1) is 7.11 Å². The molecular formula is C18H23ClN2O. The van der Waals surface area contributed by atoms with E-state index in [0.29, 0.717) is 11.6 Å². The number of methoxy groups -OCH3 is 1. The molecule has 0 saturated carbocycles. The van der Waals surface area contributed by atoms with Crippen molar-refractivity contribution in [2.75, 3.05) is 32.6 Å². The standard InChI is InChI=1S/C18H23ClN2O/c1-21(2)16-6-4-5-13(10-16)9-14(12-20)17-11-15(19)7-8-18(17)22-3/h4-8,10-11,14H,9,12,20H2,1-3H3. The average Bonchev–Trinajstić information content (AvgIpc) is 2.52. The fourth-order valence-corrected chi connectivity index (χ4v) is 2.77. The highest BCUT2D eigenvalue weighted by Gasteiger charge is 2.16. The molecule has 118 valence electrons. The fourth-order valence-electron chi connectivity index (χ4n) is 2.59. The van der Waals surface area contributed by atoms with Crippen LogP contribution in [0.3, 0.4) is 0 Å². The monoisotopic (exact) mass is 318 g/mol. The molecule has 2 rings (SSSR count). The van der Waals surface area contributed by atoms with Crippen LogP contribution in [0.15, 0.2) is 42.5 Å². The topological polar surface area (TPSA) is 38.5 Å². The lowest BCUT2D eigenvalue weighted by molar-refractivity contribution is 0.405. The first kappa shape index (κ1) is 16.7. The zero-order chi connectivity index (χ0) is 16.1. The van der Waals surface area contributed by atoms with E-state index in [0.717, 1.165) is 17.7 Å². The second-order valence-corrected chi connectivity index (χ2v) is 6.02. The molecule has 0 aliphatic heterocycles. The number of nitrogens with two attached hydrogens (primary N) is 1. The Kier molecular flexibility index (Phi) is 5.69. The van der Waals surface area contributed by atoms with Crippen LogP contribution in [0.4, 0.5) is 5.69 Å². The predicted octanol–water partition coefficient (Wildman–Crippen LogP) is 3.70. The van der Waals surface area contributed by atoms with Crippen LogP contribution in [-0.2, 0) is 6.42 Å². The molecule has 2 aromatic rings. The van der Waals surface area contributed by atoms with Crippen LogP contribution in [0.1, 0.15) is 17.0 Å². The summed E-state index contributed by atoms with van der Waals surface area (Å²) in [5.41, 5.74) is 9.52. The van der Waals surface area contributed by atoms with Gasteiger partial charge in [-0.1, -0.05) is 23.7 Å². The first-order valence-corrected chi connectivity index (χ1v) is 7.72. The summed E-state index contributed by atoms with van der Waals surface area (Å²) < 4.78 is 5.46. The van der Waals surface area contributed by atoms with Crippen LogP contribution in [0, 0.1) is 0 Å². The minimum absolute atomic E-state index is 0.172. The lowest BCUT2D eigenvalue weighted by atomic mass is 9.91. The minimum Gasteiger partial charge on any atom is -0.496 e. The summed E-state index contributed by atoms with van der Waals surface area (Å²) in [4.78, 5) is 2.10. The fraction of sp³-hybridized carbons (Fsp3) is 0.333. The number of benzene rings is 2. The van der Waals surface area contributed by atoms with Crippen molar-refractivity contribution in [3.05, 3.63) is 58.6 Å². The molecule has 4 heteroatoms. The van der Waals surface area contributed by atoms with Gasteiger partial charge in [-0.25, -0.2) is 0 Å². The molecule has 0 spiro atoms. The summed E-state index contributed by atoms with van der Waals surface area (Å²) in [6, 6.07) is 14.2. The Hall–Kier alpha value is -1.71. The maximum atomic E-state index is 6.14. The molecule has 1 unspecified atom stereocenters. The molecule has 0 radical (unpaired) electrons. The van der Waals surface area contributed by atoms with Crippen LogP contribution in [0.5, 0.6) is 5.75 Å². The quantitative estimate of drug-likeness (QED) is 0.882. The summed E-state index contributed by atoms with van der Waals surface area (Å²) in [7, 11) is 5.76. The van der Waals surface area contributed by atoms with E-state index < -0.39 is 0 Å². The number of anilines is 1. The Morgan fingerprint density at radius 1 is 1.18 bits per heavy atom. The van der Waals surface area contributed by atoms with Gasteiger partial charge in [0, 0.05) is 36.3 Å². The SMILES string of the molecule is COc1ccc(Cl)cc1C(CN)Cc1cccc(N(C)C)c1. The van der Waals surface area contributed by atoms with Crippen molar-refractivity contribution in [2.24, 2.45) is 5.73 Å². The molecule has 3 nitrogen and oxygen atoms in total. The van der Waals surface area contributed by atoms with Crippen molar-refractivity contribution in [1.29, 1.82) is 0 Å². The normalized spacial score (nSPS) is 12.0. The van der Waals surface area contributed by atoms with Gasteiger partial charge in [-0.05, 0) is 48.9 Å². The molecular weight excluding hydrogens is 296 g/mol. The second kappa shape index (κ2) is 7.52. The van der Waals surface area contributed by atoms with Crippen molar-refractivity contribution in [3.8, 4) is 5.75 Å². The van der Waals surface area contributed by atoms with Gasteiger partial charge in [-0.2, -0.15) is 0 Å². The highest BCUT2D eigenvalue weighted by atomic mass is 35.5. The highest BCUT2D eigenvalue weighted by Crippen LogP contribution is 2.31. The van der Waals surface area contributed by atoms with Crippen LogP contribution in [-0.4, -0.2) is 27.7 Å². The van der Waals surface area contributed by atoms with Gasteiger partial charge in [0.15, 0.2) is 0 Å². The molecule has 22 heavy (non-hydrogen) atoms. The highest BCUT2D eigenvalue weighted by molar-refractivity contribution is 6.30. The van der Waals surface area contributed by atoms with Crippen LogP contribution in [0.2, 0.25) is 5.02 Å². The van der Waals surface area contributed by atoms with E-state index in [1.54, 1.807) is 7.11 Å². The molecule has 0 aromatic heterocycles. The Bertz CT molecular complexity index is 628. The molecule has 0 saturated heterocycles. The Balaban J connectivity index is 2.30. The third-order valence-corrected chi connectivity index (χ3v) is 4.06. The first-order valence-electron chi connectivity index (χ1n) is 7.35. The van der Waals surface area contributed by atoms with Gasteiger partial charge in [0.25, 0.3) is 0 Å². The van der Waals surface area contributed by atoms with E-state index in [4.69, 9.17) is 22.1 Å². The molecule has 0 aliphatic rings. The zero-order valence-electron chi connectivity index (χ0n) is 13.3. The lowest BCUT2D eigenvalue weighted by Crippen LogP contribution is -2.16. The molecule has 0 fully saturated rings. The second-order valence-electron chi connectivity index (χ2n) is 5.59. The van der Waals surface area contributed by atoms with Gasteiger partial charge in [0.2, 0.25) is 0 Å². The average molecular weight is 319 g/mol. The zero-order valence-corrected chi connectivity index (χ0v) is 14.1. The molecule has 0 amide bonds. The van der Waals surface area contributed by atoms with Gasteiger partial charge in [-0.3, -0.25) is 0 Å². The van der Waals surface area contributed by atoms with E-state index in [9.17, 15) is 0 Å². The van der Waals surface area contributed by atoms with Crippen molar-refractivity contribution in [3.63, 3.8) is 0 Å². The molecule has 0 aliphatic carbocycles. The smallest absolute Gasteiger partial charge is 0.122 e. The Morgan fingerprint density at radius 2 is 1.95 bits per heavy atom. The Morgan fingerprint density at radius 3 is 2.59 bits per heavy atom. The molecule has 1 atom stereocenters. The van der Waals surface area contributed by atoms with Crippen LogP contribution < -0.4 is 15.4 Å². The number of hydrogen-bond acceptors (Lipinski definition) is 3. The molecule has 0 bridgehead atoms. The predicted molar refractivity (Wildman–Crippen MR) is 94.3 cm³/mol. The van der Waals surface area contributed by atoms with Gasteiger partial charge < -0.3 is 15.4 Å². The maximum absolute atomic E-state index is 6.14. The summed E-state index contributed by atoms with van der Waals surface area (Å²) >= 11 is 6.14. The molecule has 0 heterocycles. The first-order chi connectivity index (χ1) is 10.5. The number of rotatable bonds is 6. The van der Waals surface area contributed by atoms with Crippen LogP contribution in [0.25, 0.3) is 0 Å². The lowest BCUT2D eigenvalue weighted by Gasteiger charge is -2.20. The summed E-state index contributed by atoms with van der Waals surface area (Å²) in [6.07, 6.45) is 0.856. The summed E-state index contributed by atoms with van der Waals surface area (Å²) in [5.74, 6) is 1.01. The maximum Gasteiger partial charge on any atom is 0.122 e. The summed E-state index contributed by atoms with van der Waals surface area (Å²) in [6.45, 7) is 0.545. The number of nitrogens with zero attached hydrogens (tertiary/aromatic N) is 1. The van der Waals surface area contributed by atoms with Crippen molar-refractivity contribution < 1.29 is 4.74 Å². The number of hydrogen-bond donors (Lipinski definition) is 1. The third-order valence-electron chi connectivity index (χ3n) is 3.83. The van der Waals surface area contributed by atoms with Gasteiger partial charge in [-0.15, -0.1) is 0 Å². The largest absolute Gasteiger partial charge is 0.496 e. The van der Waals surface area contributed by atoms with E-state index in [2.05, 4.69) is 29.2 Å². The van der Waals surface area contributed by atoms with Gasteiger partial charge >= 0.3 is 0 Å². The van der Waals surface area contributed by atoms with Crippen molar-refractivity contribution in [2.45, 2.75) is 12.3 Å². The number of halogens is 1.